The van der Waals surface area contributed by atoms with Gasteiger partial charge >= 0.3 is 5.97 Å². The molecule has 0 bridgehead atoms. The molecule has 1 aliphatic heterocycles. The third-order valence-electron chi connectivity index (χ3n) is 4.13. The Labute approximate surface area is 153 Å². The van der Waals surface area contributed by atoms with E-state index in [1.807, 2.05) is 13.8 Å². The molecule has 0 radical (unpaired) electrons. The Bertz CT molecular complexity index is 647. The van der Waals surface area contributed by atoms with Crippen LogP contribution < -0.4 is 10.1 Å². The van der Waals surface area contributed by atoms with Crippen LogP contribution in [0, 0.1) is 0 Å². The topological polar surface area (TPSA) is 84.9 Å². The van der Waals surface area contributed by atoms with Crippen LogP contribution in [0.15, 0.2) is 24.3 Å². The van der Waals surface area contributed by atoms with Gasteiger partial charge in [0.25, 0.3) is 5.91 Å². The zero-order valence-corrected chi connectivity index (χ0v) is 15.3. The number of amides is 2. The number of esters is 1. The highest BCUT2D eigenvalue weighted by Gasteiger charge is 2.36. The summed E-state index contributed by atoms with van der Waals surface area (Å²) in [5.74, 6) is -0.673. The highest BCUT2D eigenvalue weighted by Crippen LogP contribution is 2.22. The predicted molar refractivity (Wildman–Crippen MR) is 95.9 cm³/mol. The van der Waals surface area contributed by atoms with Gasteiger partial charge in [0.1, 0.15) is 11.8 Å². The van der Waals surface area contributed by atoms with Crippen molar-refractivity contribution in [1.29, 1.82) is 0 Å². The number of para-hydroxylation sites is 1. The molecule has 7 heteroatoms. The fraction of sp³-hybridized carbons (Fsp3) is 0.526. The molecule has 0 aromatic heterocycles. The molecule has 1 aromatic rings. The number of carbonyl (C=O) groups is 3. The number of unbranched alkanes of at least 4 members (excludes halogenated alkanes) is 1. The number of hydrogen-bond acceptors (Lipinski definition) is 5. The van der Waals surface area contributed by atoms with E-state index in [-0.39, 0.29) is 18.2 Å². The molecule has 2 rings (SSSR count). The minimum absolute atomic E-state index is 0.155. The highest BCUT2D eigenvalue weighted by atomic mass is 16.5. The number of piperazine rings is 1. The molecule has 2 amide bonds. The Morgan fingerprint density at radius 3 is 2.77 bits per heavy atom. The summed E-state index contributed by atoms with van der Waals surface area (Å²) in [7, 11) is 0. The number of benzene rings is 1. The number of nitrogens with one attached hydrogen (secondary N) is 1. The lowest BCUT2D eigenvalue weighted by Crippen LogP contribution is -2.57. The Morgan fingerprint density at radius 1 is 1.27 bits per heavy atom. The van der Waals surface area contributed by atoms with Crippen LogP contribution in [0.25, 0.3) is 0 Å². The van der Waals surface area contributed by atoms with Crippen molar-refractivity contribution in [3.63, 3.8) is 0 Å². The van der Waals surface area contributed by atoms with Gasteiger partial charge in [-0.05, 0) is 25.5 Å². The zero-order valence-electron chi connectivity index (χ0n) is 15.3. The molecule has 1 aliphatic rings. The predicted octanol–water partition coefficient (Wildman–Crippen LogP) is 1.76. The first-order valence-electron chi connectivity index (χ1n) is 9.04. The van der Waals surface area contributed by atoms with Crippen LogP contribution in [0.2, 0.25) is 0 Å². The van der Waals surface area contributed by atoms with E-state index >= 15 is 0 Å². The summed E-state index contributed by atoms with van der Waals surface area (Å²) in [6, 6.07) is 6.03. The van der Waals surface area contributed by atoms with Crippen molar-refractivity contribution < 1.29 is 23.9 Å². The second kappa shape index (κ2) is 9.79. The van der Waals surface area contributed by atoms with Gasteiger partial charge < -0.3 is 19.7 Å². The standard InChI is InChI=1S/C19H26N2O5/c1-3-5-12-26-17(22)13-15-18(23)20-10-11-21(15)19(24)14-8-6-7-9-16(14)25-4-2/h6-9,15H,3-5,10-13H2,1-2H3,(H,20,23)/t15-/m1/s1. The maximum Gasteiger partial charge on any atom is 0.308 e. The lowest BCUT2D eigenvalue weighted by molar-refractivity contribution is -0.147. The van der Waals surface area contributed by atoms with Crippen LogP contribution in [0.1, 0.15) is 43.5 Å². The lowest BCUT2D eigenvalue weighted by atomic mass is 10.1. The number of nitrogens with zero attached hydrogens (tertiary/aromatic N) is 1. The van der Waals surface area contributed by atoms with Gasteiger partial charge in [0.2, 0.25) is 5.91 Å². The average Bonchev–Trinajstić information content (AvgIpc) is 2.64. The molecule has 1 saturated heterocycles. The van der Waals surface area contributed by atoms with Gasteiger partial charge in [-0.3, -0.25) is 14.4 Å². The molecule has 1 atom stereocenters. The average molecular weight is 362 g/mol. The summed E-state index contributed by atoms with van der Waals surface area (Å²) >= 11 is 0. The van der Waals surface area contributed by atoms with Crippen molar-refractivity contribution >= 4 is 17.8 Å². The summed E-state index contributed by atoms with van der Waals surface area (Å²) in [5.41, 5.74) is 0.383. The molecule has 0 unspecified atom stereocenters. The van der Waals surface area contributed by atoms with E-state index in [1.165, 1.54) is 4.90 Å². The molecule has 1 heterocycles. The molecule has 1 fully saturated rings. The molecule has 1 N–H and O–H groups in total. The molecular weight excluding hydrogens is 336 g/mol. The van der Waals surface area contributed by atoms with Gasteiger partial charge in [-0.2, -0.15) is 0 Å². The number of hydrogen-bond donors (Lipinski definition) is 1. The molecule has 26 heavy (non-hydrogen) atoms. The summed E-state index contributed by atoms with van der Waals surface area (Å²) in [6.07, 6.45) is 1.53. The lowest BCUT2D eigenvalue weighted by Gasteiger charge is -2.34. The Hall–Kier alpha value is -2.57. The second-order valence-corrected chi connectivity index (χ2v) is 6.01. The third kappa shape index (κ3) is 4.97. The third-order valence-corrected chi connectivity index (χ3v) is 4.13. The fourth-order valence-electron chi connectivity index (χ4n) is 2.79. The van der Waals surface area contributed by atoms with E-state index < -0.39 is 12.0 Å². The monoisotopic (exact) mass is 362 g/mol. The van der Waals surface area contributed by atoms with Gasteiger partial charge in [-0.1, -0.05) is 25.5 Å². The van der Waals surface area contributed by atoms with E-state index in [2.05, 4.69) is 5.32 Å². The molecule has 0 aliphatic carbocycles. The zero-order chi connectivity index (χ0) is 18.9. The van der Waals surface area contributed by atoms with Gasteiger partial charge in [-0.25, -0.2) is 0 Å². The quantitative estimate of drug-likeness (QED) is 0.563. The molecule has 7 nitrogen and oxygen atoms in total. The number of ether oxygens (including phenoxy) is 2. The van der Waals surface area contributed by atoms with Crippen molar-refractivity contribution in [1.82, 2.24) is 10.2 Å². The van der Waals surface area contributed by atoms with Crippen molar-refractivity contribution in [3.8, 4) is 5.75 Å². The first-order chi connectivity index (χ1) is 12.6. The van der Waals surface area contributed by atoms with Crippen LogP contribution in [0.5, 0.6) is 5.75 Å². The molecular formula is C19H26N2O5. The van der Waals surface area contributed by atoms with Crippen LogP contribution in [0.4, 0.5) is 0 Å². The Balaban J connectivity index is 2.15. The maximum atomic E-state index is 13.0. The van der Waals surface area contributed by atoms with Crippen molar-refractivity contribution in [3.05, 3.63) is 29.8 Å². The highest BCUT2D eigenvalue weighted by molar-refractivity contribution is 6.01. The van der Waals surface area contributed by atoms with E-state index in [4.69, 9.17) is 9.47 Å². The van der Waals surface area contributed by atoms with Gasteiger partial charge in [0.15, 0.2) is 0 Å². The molecule has 1 aromatic carbocycles. The van der Waals surface area contributed by atoms with Gasteiger partial charge in [-0.15, -0.1) is 0 Å². The van der Waals surface area contributed by atoms with E-state index in [0.717, 1.165) is 12.8 Å². The van der Waals surface area contributed by atoms with Gasteiger partial charge in [0.05, 0.1) is 25.2 Å². The summed E-state index contributed by atoms with van der Waals surface area (Å²) < 4.78 is 10.7. The summed E-state index contributed by atoms with van der Waals surface area (Å²) in [5, 5.41) is 2.71. The van der Waals surface area contributed by atoms with Crippen LogP contribution >= 0.6 is 0 Å². The fourth-order valence-corrected chi connectivity index (χ4v) is 2.79. The van der Waals surface area contributed by atoms with E-state index in [9.17, 15) is 14.4 Å². The summed E-state index contributed by atoms with van der Waals surface area (Å²) in [4.78, 5) is 38.7. The number of carbonyl (C=O) groups excluding carboxylic acids is 3. The Morgan fingerprint density at radius 2 is 2.04 bits per heavy atom. The number of rotatable bonds is 8. The largest absolute Gasteiger partial charge is 0.493 e. The van der Waals surface area contributed by atoms with Crippen LogP contribution in [0.3, 0.4) is 0 Å². The van der Waals surface area contributed by atoms with E-state index in [0.29, 0.717) is 37.6 Å². The first kappa shape index (κ1) is 19.8. The first-order valence-corrected chi connectivity index (χ1v) is 9.04. The van der Waals surface area contributed by atoms with Crippen molar-refractivity contribution in [2.45, 2.75) is 39.2 Å². The minimum Gasteiger partial charge on any atom is -0.493 e. The van der Waals surface area contributed by atoms with Crippen LogP contribution in [-0.4, -0.2) is 55.0 Å². The molecule has 0 saturated carbocycles. The minimum atomic E-state index is -0.875. The van der Waals surface area contributed by atoms with Crippen molar-refractivity contribution in [2.75, 3.05) is 26.3 Å². The molecule has 142 valence electrons. The maximum absolute atomic E-state index is 13.0. The normalized spacial score (nSPS) is 16.8. The Kier molecular flexibility index (Phi) is 7.44. The van der Waals surface area contributed by atoms with Crippen LogP contribution in [-0.2, 0) is 14.3 Å². The SMILES string of the molecule is CCCCOC(=O)C[C@@H]1C(=O)NCCN1C(=O)c1ccccc1OCC. The van der Waals surface area contributed by atoms with Crippen molar-refractivity contribution in [2.24, 2.45) is 0 Å². The van der Waals surface area contributed by atoms with Gasteiger partial charge in [0, 0.05) is 13.1 Å². The summed E-state index contributed by atoms with van der Waals surface area (Å²) in [6.45, 7) is 5.27. The smallest absolute Gasteiger partial charge is 0.308 e. The molecule has 0 spiro atoms. The second-order valence-electron chi connectivity index (χ2n) is 6.01. The van der Waals surface area contributed by atoms with E-state index in [1.54, 1.807) is 24.3 Å².